The van der Waals surface area contributed by atoms with E-state index < -0.39 is 0 Å². The minimum Gasteiger partial charge on any atom is -0.326 e. The molecule has 3 aromatic rings. The van der Waals surface area contributed by atoms with Gasteiger partial charge in [-0.1, -0.05) is 12.1 Å². The van der Waals surface area contributed by atoms with Crippen LogP contribution in [0.25, 0.3) is 10.6 Å². The van der Waals surface area contributed by atoms with Crippen molar-refractivity contribution in [2.24, 2.45) is 0 Å². The predicted octanol–water partition coefficient (Wildman–Crippen LogP) is 2.57. The number of nitrogens with one attached hydrogen (secondary N) is 2. The number of rotatable bonds is 5. The van der Waals surface area contributed by atoms with Crippen molar-refractivity contribution in [2.75, 3.05) is 10.6 Å². The Morgan fingerprint density at radius 1 is 1.12 bits per heavy atom. The number of thiophene rings is 1. The second-order valence-electron chi connectivity index (χ2n) is 5.53. The standard InChI is InChI=1S/C18H16N4O3S/c1-12(23)20-13-4-2-5-14(8-13)21-17(24)10-22-11-19-15(9-18(22)25)16-6-3-7-26-16/h2-9,11H,10H2,1H3,(H,20,23)(H,21,24). The molecule has 1 aromatic carbocycles. The van der Waals surface area contributed by atoms with Gasteiger partial charge in [0.15, 0.2) is 0 Å². The monoisotopic (exact) mass is 368 g/mol. The number of carbonyl (C=O) groups is 2. The molecule has 0 aliphatic carbocycles. The maximum atomic E-state index is 12.2. The van der Waals surface area contributed by atoms with E-state index in [0.717, 1.165) is 4.88 Å². The Morgan fingerprint density at radius 2 is 1.88 bits per heavy atom. The topological polar surface area (TPSA) is 93.1 Å². The summed E-state index contributed by atoms with van der Waals surface area (Å²) in [4.78, 5) is 40.6. The summed E-state index contributed by atoms with van der Waals surface area (Å²) in [5, 5.41) is 7.25. The van der Waals surface area contributed by atoms with Gasteiger partial charge < -0.3 is 10.6 Å². The third kappa shape index (κ3) is 4.42. The van der Waals surface area contributed by atoms with Gasteiger partial charge in [0.1, 0.15) is 6.54 Å². The zero-order valence-corrected chi connectivity index (χ0v) is 14.7. The van der Waals surface area contributed by atoms with Crippen LogP contribution in [0.1, 0.15) is 6.92 Å². The fourth-order valence-electron chi connectivity index (χ4n) is 2.34. The number of benzene rings is 1. The van der Waals surface area contributed by atoms with Gasteiger partial charge >= 0.3 is 0 Å². The first-order valence-electron chi connectivity index (χ1n) is 7.79. The smallest absolute Gasteiger partial charge is 0.254 e. The number of carbonyl (C=O) groups excluding carboxylic acids is 2. The highest BCUT2D eigenvalue weighted by molar-refractivity contribution is 7.13. The molecular weight excluding hydrogens is 352 g/mol. The van der Waals surface area contributed by atoms with Crippen LogP contribution in [0.4, 0.5) is 11.4 Å². The zero-order valence-electron chi connectivity index (χ0n) is 13.9. The highest BCUT2D eigenvalue weighted by Gasteiger charge is 2.08. The lowest BCUT2D eigenvalue weighted by Crippen LogP contribution is -2.27. The molecule has 0 atom stereocenters. The highest BCUT2D eigenvalue weighted by Crippen LogP contribution is 2.20. The third-order valence-corrected chi connectivity index (χ3v) is 4.33. The van der Waals surface area contributed by atoms with E-state index in [0.29, 0.717) is 17.1 Å². The maximum Gasteiger partial charge on any atom is 0.254 e. The summed E-state index contributed by atoms with van der Waals surface area (Å²) in [6.07, 6.45) is 1.37. The molecule has 0 bridgehead atoms. The Balaban J connectivity index is 1.68. The Kier molecular flexibility index (Phi) is 5.23. The SMILES string of the molecule is CC(=O)Nc1cccc(NC(=O)Cn2cnc(-c3cccs3)cc2=O)c1. The van der Waals surface area contributed by atoms with E-state index in [-0.39, 0.29) is 23.9 Å². The van der Waals surface area contributed by atoms with Crippen LogP contribution >= 0.6 is 11.3 Å². The molecule has 0 aliphatic rings. The number of nitrogens with zero attached hydrogens (tertiary/aromatic N) is 2. The van der Waals surface area contributed by atoms with Crippen molar-refractivity contribution in [2.45, 2.75) is 13.5 Å². The van der Waals surface area contributed by atoms with Gasteiger partial charge in [0, 0.05) is 24.4 Å². The van der Waals surface area contributed by atoms with Crippen LogP contribution in [0.3, 0.4) is 0 Å². The minimum atomic E-state index is -0.363. The van der Waals surface area contributed by atoms with Gasteiger partial charge in [-0.15, -0.1) is 11.3 Å². The van der Waals surface area contributed by atoms with Crippen molar-refractivity contribution in [3.05, 3.63) is 64.5 Å². The number of amides is 2. The first-order chi connectivity index (χ1) is 12.5. The van der Waals surface area contributed by atoms with Crippen LogP contribution in [0.15, 0.2) is 59.0 Å². The normalized spacial score (nSPS) is 10.3. The van der Waals surface area contributed by atoms with Gasteiger partial charge in [-0.05, 0) is 29.6 Å². The molecule has 0 spiro atoms. The molecule has 2 amide bonds. The van der Waals surface area contributed by atoms with Gasteiger partial charge in [-0.2, -0.15) is 0 Å². The zero-order chi connectivity index (χ0) is 18.5. The van der Waals surface area contributed by atoms with Gasteiger partial charge in [-0.25, -0.2) is 4.98 Å². The van der Waals surface area contributed by atoms with E-state index in [1.165, 1.54) is 35.2 Å². The molecule has 0 saturated carbocycles. The number of hydrogen-bond acceptors (Lipinski definition) is 5. The molecule has 0 fully saturated rings. The van der Waals surface area contributed by atoms with Gasteiger partial charge in [-0.3, -0.25) is 19.0 Å². The van der Waals surface area contributed by atoms with Crippen molar-refractivity contribution in [3.8, 4) is 10.6 Å². The van der Waals surface area contributed by atoms with Crippen LogP contribution in [-0.2, 0) is 16.1 Å². The van der Waals surface area contributed by atoms with Crippen LogP contribution < -0.4 is 16.2 Å². The van der Waals surface area contributed by atoms with Crippen molar-refractivity contribution >= 4 is 34.5 Å². The summed E-state index contributed by atoms with van der Waals surface area (Å²) in [5.74, 6) is -0.560. The second-order valence-corrected chi connectivity index (χ2v) is 6.48. The summed E-state index contributed by atoms with van der Waals surface area (Å²) >= 11 is 1.49. The third-order valence-electron chi connectivity index (χ3n) is 3.43. The maximum absolute atomic E-state index is 12.2. The largest absolute Gasteiger partial charge is 0.326 e. The van der Waals surface area contributed by atoms with Crippen LogP contribution in [0.2, 0.25) is 0 Å². The first kappa shape index (κ1) is 17.6. The molecule has 26 heavy (non-hydrogen) atoms. The van der Waals surface area contributed by atoms with E-state index in [2.05, 4.69) is 15.6 Å². The fourth-order valence-corrected chi connectivity index (χ4v) is 3.03. The van der Waals surface area contributed by atoms with Crippen molar-refractivity contribution < 1.29 is 9.59 Å². The van der Waals surface area contributed by atoms with Crippen molar-refractivity contribution in [3.63, 3.8) is 0 Å². The minimum absolute atomic E-state index is 0.152. The number of hydrogen-bond donors (Lipinski definition) is 2. The summed E-state index contributed by atoms with van der Waals surface area (Å²) in [7, 11) is 0. The summed E-state index contributed by atoms with van der Waals surface area (Å²) in [6.45, 7) is 1.26. The fraction of sp³-hybridized carbons (Fsp3) is 0.111. The Morgan fingerprint density at radius 3 is 2.54 bits per heavy atom. The van der Waals surface area contributed by atoms with E-state index in [9.17, 15) is 14.4 Å². The Hall–Kier alpha value is -3.26. The average Bonchev–Trinajstić information content (AvgIpc) is 3.11. The molecule has 2 N–H and O–H groups in total. The molecule has 2 aromatic heterocycles. The average molecular weight is 368 g/mol. The lowest BCUT2D eigenvalue weighted by molar-refractivity contribution is -0.117. The van der Waals surface area contributed by atoms with E-state index in [1.54, 1.807) is 24.3 Å². The van der Waals surface area contributed by atoms with Gasteiger partial charge in [0.2, 0.25) is 11.8 Å². The van der Waals surface area contributed by atoms with E-state index in [1.807, 2.05) is 17.5 Å². The predicted molar refractivity (Wildman–Crippen MR) is 101 cm³/mol. The summed E-state index contributed by atoms with van der Waals surface area (Å²) < 4.78 is 1.24. The Bertz CT molecular complexity index is 996. The first-order valence-corrected chi connectivity index (χ1v) is 8.67. The molecule has 0 aliphatic heterocycles. The van der Waals surface area contributed by atoms with Crippen molar-refractivity contribution in [1.29, 1.82) is 0 Å². The van der Waals surface area contributed by atoms with Gasteiger partial charge in [0.05, 0.1) is 16.9 Å². The lowest BCUT2D eigenvalue weighted by atomic mass is 10.2. The molecule has 7 nitrogen and oxygen atoms in total. The quantitative estimate of drug-likeness (QED) is 0.724. The molecule has 0 unspecified atom stereocenters. The lowest BCUT2D eigenvalue weighted by Gasteiger charge is -2.09. The van der Waals surface area contributed by atoms with Crippen LogP contribution in [-0.4, -0.2) is 21.4 Å². The molecule has 0 radical (unpaired) electrons. The van der Waals surface area contributed by atoms with E-state index in [4.69, 9.17) is 0 Å². The second kappa shape index (κ2) is 7.75. The highest BCUT2D eigenvalue weighted by atomic mass is 32.1. The van der Waals surface area contributed by atoms with E-state index >= 15 is 0 Å². The molecule has 2 heterocycles. The van der Waals surface area contributed by atoms with Crippen molar-refractivity contribution in [1.82, 2.24) is 9.55 Å². The molecule has 132 valence electrons. The summed E-state index contributed by atoms with van der Waals surface area (Å²) in [5.41, 5.74) is 1.39. The number of anilines is 2. The van der Waals surface area contributed by atoms with Crippen LogP contribution in [0, 0.1) is 0 Å². The molecular formula is C18H16N4O3S. The summed E-state index contributed by atoms with van der Waals surface area (Å²) in [6, 6.07) is 11.9. The molecule has 8 heteroatoms. The van der Waals surface area contributed by atoms with Crippen LogP contribution in [0.5, 0.6) is 0 Å². The molecule has 0 saturated heterocycles. The number of aromatic nitrogens is 2. The van der Waals surface area contributed by atoms with Gasteiger partial charge in [0.25, 0.3) is 5.56 Å². The Labute approximate surface area is 153 Å². The molecule has 3 rings (SSSR count).